The summed E-state index contributed by atoms with van der Waals surface area (Å²) in [4.78, 5) is 11.9. The lowest BCUT2D eigenvalue weighted by Crippen LogP contribution is -2.10. The van der Waals surface area contributed by atoms with E-state index in [-0.39, 0.29) is 0 Å². The SMILES string of the molecule is Cc1ccc(SCC(C)C)cc1C#Cc1cc(Cl)ccc1OCC(=O)O. The Hall–Kier alpha value is -2.09. The number of carbonyl (C=O) groups is 1. The van der Waals surface area contributed by atoms with E-state index < -0.39 is 12.6 Å². The molecule has 0 aromatic heterocycles. The lowest BCUT2D eigenvalue weighted by molar-refractivity contribution is -0.139. The number of halogens is 1. The van der Waals surface area contributed by atoms with Crippen molar-refractivity contribution in [3.8, 4) is 17.6 Å². The molecule has 3 nitrogen and oxygen atoms in total. The highest BCUT2D eigenvalue weighted by atomic mass is 35.5. The first-order valence-electron chi connectivity index (χ1n) is 8.24. The zero-order valence-corrected chi connectivity index (χ0v) is 16.6. The fourth-order valence-corrected chi connectivity index (χ4v) is 3.15. The van der Waals surface area contributed by atoms with Gasteiger partial charge in [0.1, 0.15) is 5.75 Å². The topological polar surface area (TPSA) is 46.5 Å². The van der Waals surface area contributed by atoms with Crippen LogP contribution >= 0.6 is 23.4 Å². The summed E-state index contributed by atoms with van der Waals surface area (Å²) in [6, 6.07) is 11.2. The van der Waals surface area contributed by atoms with Crippen molar-refractivity contribution in [2.75, 3.05) is 12.4 Å². The van der Waals surface area contributed by atoms with Crippen LogP contribution in [-0.2, 0) is 4.79 Å². The molecular weight excluding hydrogens is 368 g/mol. The maximum atomic E-state index is 10.7. The molecule has 0 heterocycles. The third-order valence-corrected chi connectivity index (χ3v) is 5.07. The summed E-state index contributed by atoms with van der Waals surface area (Å²) in [5.41, 5.74) is 2.59. The molecule has 2 rings (SSSR count). The molecule has 0 fully saturated rings. The number of carboxylic acids is 1. The van der Waals surface area contributed by atoms with E-state index in [1.54, 1.807) is 18.2 Å². The molecule has 0 unspecified atom stereocenters. The van der Waals surface area contributed by atoms with Gasteiger partial charge in [0, 0.05) is 21.2 Å². The number of hydrogen-bond donors (Lipinski definition) is 1. The Morgan fingerprint density at radius 3 is 2.62 bits per heavy atom. The van der Waals surface area contributed by atoms with Crippen LogP contribution in [0.15, 0.2) is 41.3 Å². The molecule has 0 bridgehead atoms. The van der Waals surface area contributed by atoms with Gasteiger partial charge in [-0.25, -0.2) is 4.79 Å². The van der Waals surface area contributed by atoms with E-state index in [1.807, 2.05) is 18.7 Å². The van der Waals surface area contributed by atoms with Gasteiger partial charge in [0.25, 0.3) is 0 Å². The van der Waals surface area contributed by atoms with E-state index >= 15 is 0 Å². The zero-order valence-electron chi connectivity index (χ0n) is 15.0. The molecule has 0 spiro atoms. The lowest BCUT2D eigenvalue weighted by atomic mass is 10.1. The van der Waals surface area contributed by atoms with E-state index in [4.69, 9.17) is 21.4 Å². The molecule has 2 aromatic rings. The average Bonchev–Trinajstić information content (AvgIpc) is 2.58. The van der Waals surface area contributed by atoms with Crippen molar-refractivity contribution in [2.24, 2.45) is 5.92 Å². The van der Waals surface area contributed by atoms with Crippen molar-refractivity contribution in [3.63, 3.8) is 0 Å². The number of thioether (sulfide) groups is 1. The van der Waals surface area contributed by atoms with Gasteiger partial charge in [-0.15, -0.1) is 11.8 Å². The van der Waals surface area contributed by atoms with Crippen molar-refractivity contribution in [2.45, 2.75) is 25.7 Å². The highest BCUT2D eigenvalue weighted by molar-refractivity contribution is 7.99. The van der Waals surface area contributed by atoms with Crippen molar-refractivity contribution in [1.82, 2.24) is 0 Å². The Morgan fingerprint density at radius 1 is 1.19 bits per heavy atom. The largest absolute Gasteiger partial charge is 0.481 e. The summed E-state index contributed by atoms with van der Waals surface area (Å²) in [5, 5.41) is 9.32. The first-order valence-corrected chi connectivity index (χ1v) is 9.61. The number of hydrogen-bond acceptors (Lipinski definition) is 3. The summed E-state index contributed by atoms with van der Waals surface area (Å²) in [6.45, 7) is 5.98. The summed E-state index contributed by atoms with van der Waals surface area (Å²) in [5.74, 6) is 7.28. The number of rotatable bonds is 6. The summed E-state index contributed by atoms with van der Waals surface area (Å²) in [6.07, 6.45) is 0. The predicted octanol–water partition coefficient (Wildman–Crippen LogP) is 5.26. The fraction of sp³-hybridized carbons (Fsp3) is 0.286. The molecule has 2 aromatic carbocycles. The van der Waals surface area contributed by atoms with Gasteiger partial charge in [-0.1, -0.05) is 43.4 Å². The Balaban J connectivity index is 2.29. The molecule has 0 atom stereocenters. The first kappa shape index (κ1) is 20.2. The number of ether oxygens (including phenoxy) is 1. The number of benzene rings is 2. The second kappa shape index (κ2) is 9.56. The predicted molar refractivity (Wildman–Crippen MR) is 107 cm³/mol. The molecule has 0 aliphatic rings. The molecule has 1 N–H and O–H groups in total. The van der Waals surface area contributed by atoms with Crippen LogP contribution in [0.5, 0.6) is 5.75 Å². The quantitative estimate of drug-likeness (QED) is 0.541. The van der Waals surface area contributed by atoms with Crippen LogP contribution in [0.2, 0.25) is 5.02 Å². The minimum atomic E-state index is -1.04. The second-order valence-corrected chi connectivity index (χ2v) is 7.78. The minimum Gasteiger partial charge on any atom is -0.481 e. The molecule has 0 radical (unpaired) electrons. The van der Waals surface area contributed by atoms with E-state index in [2.05, 4.69) is 43.9 Å². The summed E-state index contributed by atoms with van der Waals surface area (Å²) < 4.78 is 5.30. The number of carboxylic acid groups (broad SMARTS) is 1. The Labute approximate surface area is 163 Å². The van der Waals surface area contributed by atoms with Crippen LogP contribution < -0.4 is 4.74 Å². The van der Waals surface area contributed by atoms with Crippen molar-refractivity contribution >= 4 is 29.3 Å². The van der Waals surface area contributed by atoms with Gasteiger partial charge in [0.2, 0.25) is 0 Å². The van der Waals surface area contributed by atoms with E-state index in [1.165, 1.54) is 4.90 Å². The van der Waals surface area contributed by atoms with Crippen molar-refractivity contribution in [3.05, 3.63) is 58.1 Å². The molecule has 0 aliphatic carbocycles. The Kier molecular flexibility index (Phi) is 7.44. The maximum absolute atomic E-state index is 10.7. The normalized spacial score (nSPS) is 10.3. The molecule has 0 saturated heterocycles. The van der Waals surface area contributed by atoms with E-state index in [0.717, 1.165) is 16.9 Å². The Bertz CT molecular complexity index is 850. The van der Waals surface area contributed by atoms with Crippen LogP contribution in [-0.4, -0.2) is 23.4 Å². The molecule has 0 aliphatic heterocycles. The van der Waals surface area contributed by atoms with Gasteiger partial charge >= 0.3 is 5.97 Å². The van der Waals surface area contributed by atoms with E-state index in [9.17, 15) is 4.79 Å². The van der Waals surface area contributed by atoms with Crippen molar-refractivity contribution in [1.29, 1.82) is 0 Å². The van der Waals surface area contributed by atoms with Gasteiger partial charge in [0.05, 0.1) is 5.56 Å². The highest BCUT2D eigenvalue weighted by Gasteiger charge is 2.06. The zero-order chi connectivity index (χ0) is 19.1. The van der Waals surface area contributed by atoms with Crippen LogP contribution in [0.4, 0.5) is 0 Å². The third-order valence-electron chi connectivity index (χ3n) is 3.42. The fourth-order valence-electron chi connectivity index (χ4n) is 2.09. The number of aryl methyl sites for hydroxylation is 1. The standard InChI is InChI=1S/C21H21ClO3S/c1-14(2)13-26-19-8-4-15(3)16(11-19)5-6-17-10-18(22)7-9-20(17)25-12-21(23)24/h4,7-11,14H,12-13H2,1-3H3,(H,23,24). The monoisotopic (exact) mass is 388 g/mol. The van der Waals surface area contributed by atoms with E-state index in [0.29, 0.717) is 22.3 Å². The van der Waals surface area contributed by atoms with Crippen LogP contribution in [0.25, 0.3) is 0 Å². The van der Waals surface area contributed by atoms with Gasteiger partial charge in [-0.2, -0.15) is 0 Å². The third kappa shape index (κ3) is 6.33. The molecule has 0 saturated carbocycles. The van der Waals surface area contributed by atoms with Gasteiger partial charge in [-0.05, 0) is 48.7 Å². The van der Waals surface area contributed by atoms with Gasteiger partial charge in [0.15, 0.2) is 6.61 Å². The van der Waals surface area contributed by atoms with Crippen molar-refractivity contribution < 1.29 is 14.6 Å². The van der Waals surface area contributed by atoms with Crippen LogP contribution in [0.3, 0.4) is 0 Å². The van der Waals surface area contributed by atoms with Crippen LogP contribution in [0, 0.1) is 24.7 Å². The highest BCUT2D eigenvalue weighted by Crippen LogP contribution is 2.24. The Morgan fingerprint density at radius 2 is 1.92 bits per heavy atom. The van der Waals surface area contributed by atoms with Gasteiger partial charge in [-0.3, -0.25) is 0 Å². The van der Waals surface area contributed by atoms with Crippen LogP contribution in [0.1, 0.15) is 30.5 Å². The molecule has 5 heteroatoms. The molecule has 0 amide bonds. The minimum absolute atomic E-state index is 0.410. The summed E-state index contributed by atoms with van der Waals surface area (Å²) >= 11 is 7.86. The maximum Gasteiger partial charge on any atom is 0.341 e. The number of aliphatic carboxylic acids is 1. The smallest absolute Gasteiger partial charge is 0.341 e. The first-order chi connectivity index (χ1) is 12.3. The lowest BCUT2D eigenvalue weighted by Gasteiger charge is -2.07. The molecular formula is C21H21ClO3S. The molecule has 26 heavy (non-hydrogen) atoms. The van der Waals surface area contributed by atoms with Gasteiger partial charge < -0.3 is 9.84 Å². The molecule has 136 valence electrons. The second-order valence-electron chi connectivity index (χ2n) is 6.25. The average molecular weight is 389 g/mol. The summed E-state index contributed by atoms with van der Waals surface area (Å²) in [7, 11) is 0.